The lowest BCUT2D eigenvalue weighted by Crippen LogP contribution is -2.40. The lowest BCUT2D eigenvalue weighted by Gasteiger charge is -2.31. The Morgan fingerprint density at radius 2 is 1.82 bits per heavy atom. The van der Waals surface area contributed by atoms with Crippen LogP contribution in [0.1, 0.15) is 46.9 Å². The fourth-order valence-electron chi connectivity index (χ4n) is 4.60. The van der Waals surface area contributed by atoms with E-state index in [1.807, 2.05) is 54.3 Å². The Hall–Kier alpha value is -3.23. The first-order chi connectivity index (χ1) is 16.3. The van der Waals surface area contributed by atoms with Gasteiger partial charge in [0.05, 0.1) is 19.3 Å². The molecule has 8 heteroatoms. The Bertz CT molecular complexity index is 1060. The lowest BCUT2D eigenvalue weighted by molar-refractivity contribution is -0.147. The lowest BCUT2D eigenvalue weighted by atomic mass is 9.90. The van der Waals surface area contributed by atoms with Crippen LogP contribution in [-0.4, -0.2) is 68.6 Å². The molecule has 2 aliphatic rings. The van der Waals surface area contributed by atoms with Crippen molar-refractivity contribution in [1.82, 2.24) is 10.2 Å². The molecule has 2 unspecified atom stereocenters. The second-order valence-electron chi connectivity index (χ2n) is 8.77. The molecule has 2 aromatic carbocycles. The van der Waals surface area contributed by atoms with E-state index in [-0.39, 0.29) is 24.0 Å². The maximum atomic E-state index is 13.2. The molecule has 2 N–H and O–H groups in total. The molecule has 0 saturated carbocycles. The van der Waals surface area contributed by atoms with Crippen LogP contribution in [0, 0.1) is 5.41 Å². The maximum Gasteiger partial charge on any atom is 0.302 e. The minimum absolute atomic E-state index is 0.0936. The Balaban J connectivity index is 1.47. The van der Waals surface area contributed by atoms with E-state index in [1.54, 1.807) is 11.9 Å². The summed E-state index contributed by atoms with van der Waals surface area (Å²) in [5.74, 6) is 0.0764. The monoisotopic (exact) mass is 464 g/mol. The van der Waals surface area contributed by atoms with Crippen molar-refractivity contribution in [2.24, 2.45) is 0 Å². The van der Waals surface area contributed by atoms with Gasteiger partial charge < -0.3 is 24.6 Å². The highest BCUT2D eigenvalue weighted by Crippen LogP contribution is 2.29. The molecule has 0 bridgehead atoms. The van der Waals surface area contributed by atoms with Crippen LogP contribution < -0.4 is 10.2 Å². The minimum atomic E-state index is -0.305. The minimum Gasteiger partial charge on any atom is -0.461 e. The number of carbonyl (C=O) groups excluding carboxylic acids is 2. The van der Waals surface area contributed by atoms with Gasteiger partial charge in [-0.25, -0.2) is 0 Å². The highest BCUT2D eigenvalue weighted by molar-refractivity contribution is 6.06. The van der Waals surface area contributed by atoms with Gasteiger partial charge in [-0.15, -0.1) is 0 Å². The number of amidine groups is 1. The molecule has 2 atom stereocenters. The Labute approximate surface area is 200 Å². The number of esters is 1. The average Bonchev–Trinajstić information content (AvgIpc) is 2.87. The van der Waals surface area contributed by atoms with Gasteiger partial charge in [-0.2, -0.15) is 0 Å². The van der Waals surface area contributed by atoms with Gasteiger partial charge in [0, 0.05) is 43.9 Å². The molecule has 2 heterocycles. The van der Waals surface area contributed by atoms with Gasteiger partial charge in [-0.05, 0) is 67.4 Å². The molecule has 2 aromatic rings. The second-order valence-corrected chi connectivity index (χ2v) is 8.77. The van der Waals surface area contributed by atoms with Crippen LogP contribution in [0.25, 0.3) is 0 Å². The molecular weight excluding hydrogens is 432 g/mol. The number of fused-ring (bicyclic) bond motifs is 1. The van der Waals surface area contributed by atoms with E-state index < -0.39 is 0 Å². The zero-order valence-corrected chi connectivity index (χ0v) is 20.0. The Morgan fingerprint density at radius 3 is 2.50 bits per heavy atom. The zero-order chi connectivity index (χ0) is 24.2. The van der Waals surface area contributed by atoms with E-state index >= 15 is 0 Å². The summed E-state index contributed by atoms with van der Waals surface area (Å²) in [5.41, 5.74) is 4.36. The van der Waals surface area contributed by atoms with Crippen molar-refractivity contribution >= 4 is 23.4 Å². The van der Waals surface area contributed by atoms with Crippen LogP contribution in [-0.2, 0) is 20.7 Å². The van der Waals surface area contributed by atoms with Crippen LogP contribution >= 0.6 is 0 Å². The number of ether oxygens (including phenoxy) is 2. The molecule has 4 rings (SSSR count). The number of anilines is 1. The van der Waals surface area contributed by atoms with Crippen molar-refractivity contribution < 1.29 is 19.1 Å². The summed E-state index contributed by atoms with van der Waals surface area (Å²) in [6, 6.07) is 13.2. The Morgan fingerprint density at radius 1 is 1.15 bits per heavy atom. The summed E-state index contributed by atoms with van der Waals surface area (Å²) in [7, 11) is 1.76. The maximum absolute atomic E-state index is 13.2. The third kappa shape index (κ3) is 5.13. The number of hydrogen-bond acceptors (Lipinski definition) is 6. The number of amides is 1. The predicted molar refractivity (Wildman–Crippen MR) is 131 cm³/mol. The number of benzene rings is 2. The number of carbonyl (C=O) groups is 2. The van der Waals surface area contributed by atoms with Gasteiger partial charge >= 0.3 is 5.97 Å². The van der Waals surface area contributed by atoms with Crippen molar-refractivity contribution in [2.75, 3.05) is 44.8 Å². The van der Waals surface area contributed by atoms with Crippen LogP contribution in [0.3, 0.4) is 0 Å². The van der Waals surface area contributed by atoms with E-state index in [9.17, 15) is 9.59 Å². The fourth-order valence-corrected chi connectivity index (χ4v) is 4.60. The molecule has 8 nitrogen and oxygen atoms in total. The van der Waals surface area contributed by atoms with E-state index in [1.165, 1.54) is 6.92 Å². The van der Waals surface area contributed by atoms with Gasteiger partial charge in [-0.3, -0.25) is 15.0 Å². The molecule has 0 spiro atoms. The van der Waals surface area contributed by atoms with Gasteiger partial charge in [0.2, 0.25) is 0 Å². The normalized spacial score (nSPS) is 18.6. The van der Waals surface area contributed by atoms with Crippen molar-refractivity contribution in [3.63, 3.8) is 0 Å². The standard InChI is InChI=1S/C26H32N4O4/c1-17(34-18(2)31)24-23-9-6-21(16-20(23)10-11-28-24)26(32)29(3)22-7-4-19(5-8-22)25(27)30-12-14-33-15-13-30/h4-9,16-17,24,27-28H,10-15H2,1-3H3. The summed E-state index contributed by atoms with van der Waals surface area (Å²) in [5, 5.41) is 11.9. The average molecular weight is 465 g/mol. The summed E-state index contributed by atoms with van der Waals surface area (Å²) in [4.78, 5) is 28.2. The molecule has 34 heavy (non-hydrogen) atoms. The number of hydrogen-bond donors (Lipinski definition) is 2. The molecule has 0 aromatic heterocycles. The predicted octanol–water partition coefficient (Wildman–Crippen LogP) is 2.76. The van der Waals surface area contributed by atoms with Gasteiger partial charge in [0.15, 0.2) is 0 Å². The first kappa shape index (κ1) is 23.9. The first-order valence-electron chi connectivity index (χ1n) is 11.7. The van der Waals surface area contributed by atoms with E-state index in [0.717, 1.165) is 35.3 Å². The van der Waals surface area contributed by atoms with Crippen LogP contribution in [0.15, 0.2) is 42.5 Å². The van der Waals surface area contributed by atoms with Gasteiger partial charge in [0.1, 0.15) is 11.9 Å². The molecule has 1 fully saturated rings. The van der Waals surface area contributed by atoms with E-state index in [2.05, 4.69) is 5.32 Å². The highest BCUT2D eigenvalue weighted by Gasteiger charge is 2.28. The van der Waals surface area contributed by atoms with E-state index in [0.29, 0.717) is 37.7 Å². The highest BCUT2D eigenvalue weighted by atomic mass is 16.5. The summed E-state index contributed by atoms with van der Waals surface area (Å²) < 4.78 is 10.8. The molecule has 0 aliphatic carbocycles. The quantitative estimate of drug-likeness (QED) is 0.401. The third-order valence-electron chi connectivity index (χ3n) is 6.46. The topological polar surface area (TPSA) is 95.0 Å². The number of morpholine rings is 1. The summed E-state index contributed by atoms with van der Waals surface area (Å²) >= 11 is 0. The largest absolute Gasteiger partial charge is 0.461 e. The van der Waals surface area contributed by atoms with Crippen molar-refractivity contribution in [3.8, 4) is 0 Å². The van der Waals surface area contributed by atoms with Gasteiger partial charge in [-0.1, -0.05) is 6.07 Å². The Kier molecular flexibility index (Phi) is 7.29. The third-order valence-corrected chi connectivity index (χ3v) is 6.46. The molecule has 2 aliphatic heterocycles. The molecule has 1 amide bonds. The molecule has 180 valence electrons. The number of nitrogens with one attached hydrogen (secondary N) is 2. The number of rotatable bonds is 5. The van der Waals surface area contributed by atoms with Crippen LogP contribution in [0.4, 0.5) is 5.69 Å². The zero-order valence-electron chi connectivity index (χ0n) is 20.0. The summed E-state index contributed by atoms with van der Waals surface area (Å²) in [6.07, 6.45) is 0.511. The second kappa shape index (κ2) is 10.4. The number of nitrogens with zero attached hydrogens (tertiary/aromatic N) is 2. The van der Waals surface area contributed by atoms with E-state index in [4.69, 9.17) is 14.9 Å². The summed E-state index contributed by atoms with van der Waals surface area (Å²) in [6.45, 7) is 6.75. The molecule has 1 saturated heterocycles. The van der Waals surface area contributed by atoms with Crippen LogP contribution in [0.2, 0.25) is 0 Å². The van der Waals surface area contributed by atoms with Gasteiger partial charge in [0.25, 0.3) is 5.91 Å². The van der Waals surface area contributed by atoms with Crippen molar-refractivity contribution in [2.45, 2.75) is 32.4 Å². The molecule has 0 radical (unpaired) electrons. The first-order valence-corrected chi connectivity index (χ1v) is 11.7. The van der Waals surface area contributed by atoms with Crippen molar-refractivity contribution in [3.05, 3.63) is 64.7 Å². The smallest absolute Gasteiger partial charge is 0.302 e. The van der Waals surface area contributed by atoms with Crippen LogP contribution in [0.5, 0.6) is 0 Å². The molecular formula is C26H32N4O4. The van der Waals surface area contributed by atoms with Crippen molar-refractivity contribution in [1.29, 1.82) is 5.41 Å². The fraction of sp³-hybridized carbons (Fsp3) is 0.423. The SMILES string of the molecule is CC(=O)OC(C)C1NCCc2cc(C(=O)N(C)c3ccc(C(=N)N4CCOCC4)cc3)ccc21.